The molecular formula is C38H60BrN3O4S4. The molecule has 4 N–H and O–H groups in total. The molecule has 2 aromatic rings. The van der Waals surface area contributed by atoms with Crippen molar-refractivity contribution in [1.29, 1.82) is 0 Å². The van der Waals surface area contributed by atoms with Gasteiger partial charge in [-0.25, -0.2) is 4.83 Å². The van der Waals surface area contributed by atoms with Gasteiger partial charge >= 0.3 is 0 Å². The zero-order valence-electron chi connectivity index (χ0n) is 30.5. The maximum Gasteiger partial charge on any atom is 0.144 e. The lowest BCUT2D eigenvalue weighted by Crippen LogP contribution is -2.17. The molecule has 0 spiro atoms. The van der Waals surface area contributed by atoms with Gasteiger partial charge in [0, 0.05) is 58.3 Å². The second-order valence-corrected chi connectivity index (χ2v) is 16.3. The molecular weight excluding hydrogens is 771 g/mol. The van der Waals surface area contributed by atoms with Gasteiger partial charge in [-0.3, -0.25) is 0 Å². The lowest BCUT2D eigenvalue weighted by Gasteiger charge is -2.22. The quantitative estimate of drug-likeness (QED) is 0.0233. The van der Waals surface area contributed by atoms with Crippen molar-refractivity contribution in [2.45, 2.75) is 83.1 Å². The Morgan fingerprint density at radius 2 is 1.86 bits per heavy atom. The molecule has 3 rings (SSSR count). The molecule has 1 aliphatic rings. The summed E-state index contributed by atoms with van der Waals surface area (Å²) in [6.07, 6.45) is 14.9. The second kappa shape index (κ2) is 28.5. The van der Waals surface area contributed by atoms with E-state index in [4.69, 9.17) is 19.7 Å². The number of allylic oxidation sites excluding steroid dienone is 1. The van der Waals surface area contributed by atoms with E-state index in [0.717, 1.165) is 87.5 Å². The van der Waals surface area contributed by atoms with Crippen LogP contribution in [0.1, 0.15) is 81.4 Å². The van der Waals surface area contributed by atoms with Crippen molar-refractivity contribution in [3.63, 3.8) is 0 Å². The number of aliphatic hydroxyl groups excluding tert-OH is 2. The van der Waals surface area contributed by atoms with Gasteiger partial charge in [-0.1, -0.05) is 56.4 Å². The number of hydrazone groups is 1. The van der Waals surface area contributed by atoms with Crippen LogP contribution in [0.5, 0.6) is 11.5 Å². The summed E-state index contributed by atoms with van der Waals surface area (Å²) in [5, 5.41) is 25.8. The van der Waals surface area contributed by atoms with Crippen LogP contribution in [0.15, 0.2) is 50.9 Å². The van der Waals surface area contributed by atoms with Crippen LogP contribution in [-0.2, 0) is 6.54 Å². The number of ether oxygens (including phenoxy) is 2. The third-order valence-corrected chi connectivity index (χ3v) is 11.6. The predicted molar refractivity (Wildman–Crippen MR) is 228 cm³/mol. The summed E-state index contributed by atoms with van der Waals surface area (Å²) in [6, 6.07) is 10.6. The third-order valence-electron chi connectivity index (χ3n) is 8.27. The first-order valence-corrected chi connectivity index (χ1v) is 22.6. The number of methoxy groups -OCH3 is 1. The van der Waals surface area contributed by atoms with E-state index < -0.39 is 0 Å². The molecule has 0 unspecified atom stereocenters. The first kappa shape index (κ1) is 45.2. The Hall–Kier alpha value is -0.990. The van der Waals surface area contributed by atoms with Crippen LogP contribution < -0.4 is 19.6 Å². The summed E-state index contributed by atoms with van der Waals surface area (Å²) < 4.78 is 13.4. The number of halogens is 1. The number of hydrogen-bond donors (Lipinski definition) is 5. The van der Waals surface area contributed by atoms with E-state index in [-0.39, 0.29) is 13.2 Å². The predicted octanol–water partition coefficient (Wildman–Crippen LogP) is 9.43. The molecule has 0 aromatic heterocycles. The van der Waals surface area contributed by atoms with Gasteiger partial charge in [0.25, 0.3) is 0 Å². The standard InChI is InChI=1S/C36H54BrN3O3S3.C2H6OS/c1-5-31(39-40-46-32-17-13-27(2)14-18-32)16-15-29(26-45-23-20-41)34-30(25-38-19-9-22-44-4)24-33(35(37)36(34)42-3)43-21-8-12-28-10-6-7-11-28;3-1-2-4/h13-15,17-18,24,28,38,40-41H,5-12,16,19-23,25-26H2,1-4H3;3-4H,1-2H2/b29-15?,39-31+;. The number of rotatable bonds is 24. The molecule has 0 saturated heterocycles. The van der Waals surface area contributed by atoms with Crippen molar-refractivity contribution in [1.82, 2.24) is 10.1 Å². The van der Waals surface area contributed by atoms with Crippen molar-refractivity contribution < 1.29 is 19.7 Å². The van der Waals surface area contributed by atoms with E-state index in [2.05, 4.69) is 95.2 Å². The van der Waals surface area contributed by atoms with E-state index in [1.807, 2.05) is 11.8 Å². The fourth-order valence-electron chi connectivity index (χ4n) is 5.60. The minimum atomic E-state index is 0.151. The summed E-state index contributed by atoms with van der Waals surface area (Å²) in [5.74, 6) is 5.64. The van der Waals surface area contributed by atoms with Gasteiger partial charge in [0.05, 0.1) is 26.9 Å². The number of nitrogens with one attached hydrogen (secondary N) is 2. The van der Waals surface area contributed by atoms with E-state index in [0.29, 0.717) is 24.5 Å². The van der Waals surface area contributed by atoms with Gasteiger partial charge in [0.1, 0.15) is 16.0 Å². The van der Waals surface area contributed by atoms with Crippen LogP contribution in [0, 0.1) is 12.8 Å². The molecule has 1 aliphatic carbocycles. The Labute approximate surface area is 329 Å². The van der Waals surface area contributed by atoms with Crippen molar-refractivity contribution >= 4 is 75.3 Å². The number of aliphatic hydroxyl groups is 2. The van der Waals surface area contributed by atoms with E-state index in [1.54, 1.807) is 18.9 Å². The van der Waals surface area contributed by atoms with Crippen LogP contribution in [0.25, 0.3) is 5.57 Å². The number of benzene rings is 2. The molecule has 0 radical (unpaired) electrons. The van der Waals surface area contributed by atoms with Gasteiger partial charge in [0.2, 0.25) is 0 Å². The van der Waals surface area contributed by atoms with Crippen LogP contribution >= 0.6 is 64.0 Å². The molecule has 0 atom stereocenters. The summed E-state index contributed by atoms with van der Waals surface area (Å²) >= 11 is 12.7. The number of thioether (sulfide) groups is 2. The average Bonchev–Trinajstić information content (AvgIpc) is 3.66. The van der Waals surface area contributed by atoms with Crippen LogP contribution in [-0.4, -0.2) is 78.7 Å². The zero-order chi connectivity index (χ0) is 36.4. The first-order valence-electron chi connectivity index (χ1n) is 17.8. The molecule has 2 aromatic carbocycles. The Balaban J connectivity index is 0.00000205. The van der Waals surface area contributed by atoms with Gasteiger partial charge in [-0.05, 0) is 102 Å². The summed E-state index contributed by atoms with van der Waals surface area (Å²) in [4.78, 5) is 4.33. The maximum absolute atomic E-state index is 9.58. The Bertz CT molecular complexity index is 1260. The van der Waals surface area contributed by atoms with Gasteiger partial charge < -0.3 is 25.0 Å². The Kier molecular flexibility index (Phi) is 25.7. The highest BCUT2D eigenvalue weighted by atomic mass is 79.9. The van der Waals surface area contributed by atoms with Crippen LogP contribution in [0.3, 0.4) is 0 Å². The smallest absolute Gasteiger partial charge is 0.144 e. The molecule has 0 bridgehead atoms. The highest BCUT2D eigenvalue weighted by Crippen LogP contribution is 2.44. The fraction of sp³-hybridized carbons (Fsp3) is 0.605. The number of hydrogen-bond acceptors (Lipinski definition) is 11. The summed E-state index contributed by atoms with van der Waals surface area (Å²) in [7, 11) is 1.74. The molecule has 0 heterocycles. The highest BCUT2D eigenvalue weighted by Gasteiger charge is 2.22. The minimum absolute atomic E-state index is 0.151. The first-order chi connectivity index (χ1) is 24.4. The zero-order valence-corrected chi connectivity index (χ0v) is 35.4. The van der Waals surface area contributed by atoms with E-state index in [9.17, 15) is 5.11 Å². The topological polar surface area (TPSA) is 95.3 Å². The Morgan fingerprint density at radius 3 is 2.50 bits per heavy atom. The largest absolute Gasteiger partial charge is 0.495 e. The van der Waals surface area contributed by atoms with E-state index in [1.165, 1.54) is 55.2 Å². The molecule has 1 fully saturated rings. The second-order valence-electron chi connectivity index (χ2n) is 12.1. The van der Waals surface area contributed by atoms with Crippen molar-refractivity contribution in [2.75, 3.05) is 62.7 Å². The van der Waals surface area contributed by atoms with Crippen LogP contribution in [0.4, 0.5) is 0 Å². The van der Waals surface area contributed by atoms with Crippen molar-refractivity contribution in [3.8, 4) is 11.5 Å². The third kappa shape index (κ3) is 17.7. The molecule has 0 amide bonds. The highest BCUT2D eigenvalue weighted by molar-refractivity contribution is 9.10. The average molecular weight is 831 g/mol. The summed E-state index contributed by atoms with van der Waals surface area (Å²) in [6.45, 7) is 6.95. The molecule has 282 valence electrons. The molecule has 7 nitrogen and oxygen atoms in total. The minimum Gasteiger partial charge on any atom is -0.495 e. The van der Waals surface area contributed by atoms with Gasteiger partial charge in [0.15, 0.2) is 0 Å². The van der Waals surface area contributed by atoms with Crippen molar-refractivity contribution in [3.05, 3.63) is 57.6 Å². The molecule has 12 heteroatoms. The monoisotopic (exact) mass is 829 g/mol. The normalized spacial score (nSPS) is 13.7. The lowest BCUT2D eigenvalue weighted by atomic mass is 9.97. The lowest BCUT2D eigenvalue weighted by molar-refractivity contribution is 0.288. The van der Waals surface area contributed by atoms with Crippen molar-refractivity contribution in [2.24, 2.45) is 11.0 Å². The molecule has 50 heavy (non-hydrogen) atoms. The summed E-state index contributed by atoms with van der Waals surface area (Å²) in [5.41, 5.74) is 5.74. The number of nitrogens with zero attached hydrogens (tertiary/aromatic N) is 1. The van der Waals surface area contributed by atoms with Gasteiger partial charge in [-0.15, -0.1) is 0 Å². The SMILES string of the molecule is CC/C(CC=C(CSCCO)c1c(CNCCCSC)cc(OCCCC2CCCC2)c(Br)c1OC)=N\NSc1ccc(C)cc1.OCCS. The Morgan fingerprint density at radius 1 is 1.12 bits per heavy atom. The fourth-order valence-corrected chi connectivity index (χ4v) is 7.93. The molecule has 0 aliphatic heterocycles. The van der Waals surface area contributed by atoms with E-state index >= 15 is 0 Å². The van der Waals surface area contributed by atoms with Gasteiger partial charge in [-0.2, -0.15) is 41.3 Å². The molecule has 1 saturated carbocycles. The maximum atomic E-state index is 9.58. The number of thiol groups is 1. The van der Waals surface area contributed by atoms with Crippen LogP contribution in [0.2, 0.25) is 0 Å². The number of aryl methyl sites for hydroxylation is 1.